The van der Waals surface area contributed by atoms with Crippen LogP contribution in [0.4, 0.5) is 0 Å². The van der Waals surface area contributed by atoms with E-state index >= 15 is 0 Å². The van der Waals surface area contributed by atoms with Gasteiger partial charge in [-0.25, -0.2) is 0 Å². The van der Waals surface area contributed by atoms with Crippen LogP contribution in [0.2, 0.25) is 0 Å². The first kappa shape index (κ1) is 12.0. The molecule has 0 aromatic carbocycles. The second-order valence-electron chi connectivity index (χ2n) is 5.61. The predicted octanol–water partition coefficient (Wildman–Crippen LogP) is 4.23. The Hall–Kier alpha value is -1.03. The maximum Gasteiger partial charge on any atom is 0.0994 e. The molecule has 0 radical (unpaired) electrons. The van der Waals surface area contributed by atoms with Gasteiger partial charge in [0.15, 0.2) is 0 Å². The number of allylic oxidation sites excluding steroid dienone is 4. The molecule has 1 aliphatic rings. The molecule has 0 fully saturated rings. The van der Waals surface area contributed by atoms with Crippen LogP contribution in [0.25, 0.3) is 0 Å². The van der Waals surface area contributed by atoms with Crippen molar-refractivity contribution in [2.45, 2.75) is 48.5 Å². The highest BCUT2D eigenvalue weighted by Crippen LogP contribution is 2.54. The first-order valence-electron chi connectivity index (χ1n) is 5.47. The van der Waals surface area contributed by atoms with E-state index in [0.717, 1.165) is 5.57 Å². The van der Waals surface area contributed by atoms with Gasteiger partial charge in [-0.1, -0.05) is 33.3 Å². The minimum atomic E-state index is 0.0572. The molecule has 0 unspecified atom stereocenters. The summed E-state index contributed by atoms with van der Waals surface area (Å²) in [6.45, 7) is 15.3. The largest absolute Gasteiger partial charge is 0.192 e. The lowest BCUT2D eigenvalue weighted by atomic mass is 9.56. The van der Waals surface area contributed by atoms with Crippen LogP contribution in [-0.2, 0) is 0 Å². The van der Waals surface area contributed by atoms with Crippen molar-refractivity contribution < 1.29 is 0 Å². The topological polar surface area (TPSA) is 23.8 Å². The Morgan fingerprint density at radius 1 is 0.867 bits per heavy atom. The molecule has 0 spiro atoms. The Balaban J connectivity index is 3.58. The van der Waals surface area contributed by atoms with E-state index in [1.54, 1.807) is 0 Å². The molecular weight excluding hydrogens is 182 g/mol. The minimum absolute atomic E-state index is 0.0572. The Bertz CT molecular complexity index is 398. The fourth-order valence-electron chi connectivity index (χ4n) is 2.36. The van der Waals surface area contributed by atoms with E-state index in [2.05, 4.69) is 54.5 Å². The molecule has 0 aliphatic heterocycles. The van der Waals surface area contributed by atoms with Crippen molar-refractivity contribution in [3.8, 4) is 6.07 Å². The average Bonchev–Trinajstić information content (AvgIpc) is 2.15. The van der Waals surface area contributed by atoms with Crippen molar-refractivity contribution in [3.05, 3.63) is 22.3 Å². The summed E-state index contributed by atoms with van der Waals surface area (Å²) in [5.74, 6) is 0. The van der Waals surface area contributed by atoms with E-state index in [9.17, 15) is 5.26 Å². The molecule has 1 aliphatic carbocycles. The van der Waals surface area contributed by atoms with Crippen LogP contribution in [0.5, 0.6) is 0 Å². The molecule has 1 rings (SSSR count). The molecule has 0 atom stereocenters. The Morgan fingerprint density at radius 2 is 1.27 bits per heavy atom. The number of hydrogen-bond acceptors (Lipinski definition) is 1. The summed E-state index contributed by atoms with van der Waals surface area (Å²) in [4.78, 5) is 0. The van der Waals surface area contributed by atoms with E-state index in [4.69, 9.17) is 0 Å². The van der Waals surface area contributed by atoms with Gasteiger partial charge in [0.2, 0.25) is 0 Å². The Labute approximate surface area is 93.5 Å². The number of nitriles is 1. The molecule has 0 saturated heterocycles. The maximum atomic E-state index is 9.21. The number of nitrogens with zero attached hydrogens (tertiary/aromatic N) is 1. The van der Waals surface area contributed by atoms with Crippen LogP contribution < -0.4 is 0 Å². The van der Waals surface area contributed by atoms with Gasteiger partial charge in [-0.15, -0.1) is 0 Å². The third-order valence-electron chi connectivity index (χ3n) is 4.86. The molecule has 0 bridgehead atoms. The van der Waals surface area contributed by atoms with Gasteiger partial charge in [0.25, 0.3) is 0 Å². The van der Waals surface area contributed by atoms with E-state index in [0.29, 0.717) is 0 Å². The highest BCUT2D eigenvalue weighted by atomic mass is 14.5. The van der Waals surface area contributed by atoms with Crippen molar-refractivity contribution >= 4 is 0 Å². The van der Waals surface area contributed by atoms with Gasteiger partial charge < -0.3 is 0 Å². The third-order valence-corrected chi connectivity index (χ3v) is 4.86. The van der Waals surface area contributed by atoms with Crippen LogP contribution in [0.3, 0.4) is 0 Å². The number of hydrogen-bond donors (Lipinski definition) is 0. The summed E-state index contributed by atoms with van der Waals surface area (Å²) in [5.41, 5.74) is 4.80. The van der Waals surface area contributed by atoms with Gasteiger partial charge >= 0.3 is 0 Å². The molecule has 0 aromatic rings. The SMILES string of the molecule is CC1=C(C)C(C)(C)C(C)(C)C(C)=C1C#N. The second-order valence-corrected chi connectivity index (χ2v) is 5.61. The van der Waals surface area contributed by atoms with Gasteiger partial charge in [-0.3, -0.25) is 0 Å². The highest BCUT2D eigenvalue weighted by Gasteiger charge is 2.44. The lowest BCUT2D eigenvalue weighted by molar-refractivity contribution is 0.191. The lowest BCUT2D eigenvalue weighted by Crippen LogP contribution is -2.38. The summed E-state index contributed by atoms with van der Waals surface area (Å²) < 4.78 is 0. The summed E-state index contributed by atoms with van der Waals surface area (Å²) in [6.07, 6.45) is 0. The van der Waals surface area contributed by atoms with Gasteiger partial charge in [0.1, 0.15) is 0 Å². The van der Waals surface area contributed by atoms with Crippen LogP contribution >= 0.6 is 0 Å². The van der Waals surface area contributed by atoms with E-state index in [-0.39, 0.29) is 10.8 Å². The fourth-order valence-corrected chi connectivity index (χ4v) is 2.36. The second kappa shape index (κ2) is 3.23. The zero-order chi connectivity index (χ0) is 12.0. The molecule has 0 aromatic heterocycles. The van der Waals surface area contributed by atoms with Gasteiger partial charge in [0.05, 0.1) is 11.6 Å². The molecule has 0 amide bonds. The fraction of sp³-hybridized carbons (Fsp3) is 0.643. The molecule has 0 heterocycles. The Kier molecular flexibility index (Phi) is 2.60. The summed E-state index contributed by atoms with van der Waals surface area (Å²) in [7, 11) is 0. The van der Waals surface area contributed by atoms with Crippen molar-refractivity contribution in [1.29, 1.82) is 5.26 Å². The van der Waals surface area contributed by atoms with Crippen LogP contribution in [-0.4, -0.2) is 0 Å². The lowest BCUT2D eigenvalue weighted by Gasteiger charge is -2.48. The quantitative estimate of drug-likeness (QED) is 0.578. The van der Waals surface area contributed by atoms with Crippen LogP contribution in [0, 0.1) is 22.2 Å². The van der Waals surface area contributed by atoms with E-state index < -0.39 is 0 Å². The minimum Gasteiger partial charge on any atom is -0.192 e. The third kappa shape index (κ3) is 1.35. The molecular formula is C14H21N. The highest BCUT2D eigenvalue weighted by molar-refractivity contribution is 5.53. The molecule has 15 heavy (non-hydrogen) atoms. The first-order valence-corrected chi connectivity index (χ1v) is 5.47. The summed E-state index contributed by atoms with van der Waals surface area (Å²) in [6, 6.07) is 2.35. The summed E-state index contributed by atoms with van der Waals surface area (Å²) in [5, 5.41) is 9.21. The summed E-state index contributed by atoms with van der Waals surface area (Å²) >= 11 is 0. The molecule has 1 heteroatoms. The standard InChI is InChI=1S/C14H21N/c1-9-10(2)13(4,5)14(6,7)11(3)12(9)8-15/h1-7H3. The van der Waals surface area contributed by atoms with Crippen molar-refractivity contribution in [2.24, 2.45) is 10.8 Å². The average molecular weight is 203 g/mol. The van der Waals surface area contributed by atoms with Crippen molar-refractivity contribution in [2.75, 3.05) is 0 Å². The van der Waals surface area contributed by atoms with Gasteiger partial charge in [-0.2, -0.15) is 5.26 Å². The Morgan fingerprint density at radius 3 is 1.67 bits per heavy atom. The number of rotatable bonds is 0. The smallest absolute Gasteiger partial charge is 0.0994 e. The van der Waals surface area contributed by atoms with Crippen LogP contribution in [0.1, 0.15) is 48.5 Å². The van der Waals surface area contributed by atoms with Crippen molar-refractivity contribution in [1.82, 2.24) is 0 Å². The predicted molar refractivity (Wildman–Crippen MR) is 64.2 cm³/mol. The molecule has 82 valence electrons. The molecule has 0 N–H and O–H groups in total. The van der Waals surface area contributed by atoms with Crippen molar-refractivity contribution in [3.63, 3.8) is 0 Å². The van der Waals surface area contributed by atoms with E-state index in [1.807, 2.05) is 0 Å². The maximum absolute atomic E-state index is 9.21. The monoisotopic (exact) mass is 203 g/mol. The molecule has 0 saturated carbocycles. The molecule has 1 nitrogen and oxygen atoms in total. The zero-order valence-corrected chi connectivity index (χ0v) is 10.9. The van der Waals surface area contributed by atoms with Gasteiger partial charge in [-0.05, 0) is 42.7 Å². The van der Waals surface area contributed by atoms with Crippen LogP contribution in [0.15, 0.2) is 22.3 Å². The van der Waals surface area contributed by atoms with E-state index in [1.165, 1.54) is 16.7 Å². The normalized spacial score (nSPS) is 24.1. The van der Waals surface area contributed by atoms with Gasteiger partial charge in [0, 0.05) is 0 Å². The first-order chi connectivity index (χ1) is 6.67. The zero-order valence-electron chi connectivity index (χ0n) is 10.9.